The fourth-order valence-corrected chi connectivity index (χ4v) is 3.05. The molecular formula is C16H24ClN3O. The number of amides is 1. The number of nitrogens with zero attached hydrogens (tertiary/aromatic N) is 1. The second-order valence-corrected chi connectivity index (χ2v) is 6.72. The predicted octanol–water partition coefficient (Wildman–Crippen LogP) is 3.52. The third-order valence-electron chi connectivity index (χ3n) is 4.19. The third-order valence-corrected chi connectivity index (χ3v) is 4.43. The van der Waals surface area contributed by atoms with E-state index in [4.69, 9.17) is 17.3 Å². The van der Waals surface area contributed by atoms with E-state index in [2.05, 4.69) is 24.1 Å². The number of benzene rings is 1. The monoisotopic (exact) mass is 309 g/mol. The molecule has 1 aliphatic heterocycles. The van der Waals surface area contributed by atoms with E-state index in [1.165, 1.54) is 12.8 Å². The Kier molecular flexibility index (Phi) is 5.12. The summed E-state index contributed by atoms with van der Waals surface area (Å²) in [5, 5.41) is 3.41. The van der Waals surface area contributed by atoms with Crippen LogP contribution in [-0.4, -0.2) is 29.4 Å². The summed E-state index contributed by atoms with van der Waals surface area (Å²) in [4.78, 5) is 14.4. The average molecular weight is 310 g/mol. The van der Waals surface area contributed by atoms with Crippen LogP contribution in [0, 0.1) is 0 Å². The Bertz CT molecular complexity index is 516. The number of nitrogen functional groups attached to an aromatic ring is 1. The number of carbonyl (C=O) groups is 1. The molecule has 0 unspecified atom stereocenters. The van der Waals surface area contributed by atoms with Crippen LogP contribution in [0.3, 0.4) is 0 Å². The summed E-state index contributed by atoms with van der Waals surface area (Å²) in [5.41, 5.74) is 7.23. The van der Waals surface area contributed by atoms with E-state index in [1.54, 1.807) is 18.2 Å². The van der Waals surface area contributed by atoms with Gasteiger partial charge in [0.05, 0.1) is 11.4 Å². The highest BCUT2D eigenvalue weighted by Crippen LogP contribution is 2.28. The van der Waals surface area contributed by atoms with Crippen LogP contribution >= 0.6 is 11.6 Å². The van der Waals surface area contributed by atoms with Crippen molar-refractivity contribution in [3.05, 3.63) is 23.2 Å². The van der Waals surface area contributed by atoms with Gasteiger partial charge in [0.1, 0.15) is 0 Å². The van der Waals surface area contributed by atoms with Gasteiger partial charge >= 0.3 is 0 Å². The summed E-state index contributed by atoms with van der Waals surface area (Å²) >= 11 is 5.84. The molecule has 116 valence electrons. The minimum absolute atomic E-state index is 0.000950. The van der Waals surface area contributed by atoms with E-state index in [0.717, 1.165) is 19.5 Å². The van der Waals surface area contributed by atoms with Crippen molar-refractivity contribution in [3.8, 4) is 0 Å². The molecule has 1 heterocycles. The smallest absolute Gasteiger partial charge is 0.224 e. The van der Waals surface area contributed by atoms with Crippen LogP contribution in [0.5, 0.6) is 0 Å². The molecule has 0 radical (unpaired) electrons. The van der Waals surface area contributed by atoms with Crippen molar-refractivity contribution >= 4 is 28.9 Å². The van der Waals surface area contributed by atoms with Gasteiger partial charge in [-0.2, -0.15) is 0 Å². The van der Waals surface area contributed by atoms with Gasteiger partial charge in [-0.15, -0.1) is 0 Å². The molecule has 1 saturated heterocycles. The first-order valence-electron chi connectivity index (χ1n) is 7.48. The molecule has 0 saturated carbocycles. The maximum absolute atomic E-state index is 12.0. The lowest BCUT2D eigenvalue weighted by molar-refractivity contribution is -0.116. The fraction of sp³-hybridized carbons (Fsp3) is 0.562. The Morgan fingerprint density at radius 2 is 2.24 bits per heavy atom. The second kappa shape index (κ2) is 6.67. The molecular weight excluding hydrogens is 286 g/mol. The zero-order chi connectivity index (χ0) is 15.5. The molecule has 1 aromatic rings. The first-order chi connectivity index (χ1) is 9.88. The lowest BCUT2D eigenvalue weighted by Gasteiger charge is -2.31. The van der Waals surface area contributed by atoms with Crippen LogP contribution in [0.2, 0.25) is 5.02 Å². The van der Waals surface area contributed by atoms with Crippen molar-refractivity contribution in [2.24, 2.45) is 0 Å². The van der Waals surface area contributed by atoms with E-state index in [-0.39, 0.29) is 11.4 Å². The predicted molar refractivity (Wildman–Crippen MR) is 88.6 cm³/mol. The van der Waals surface area contributed by atoms with Gasteiger partial charge in [0.25, 0.3) is 0 Å². The molecule has 4 nitrogen and oxygen atoms in total. The van der Waals surface area contributed by atoms with Crippen molar-refractivity contribution < 1.29 is 4.79 Å². The summed E-state index contributed by atoms with van der Waals surface area (Å²) in [5.74, 6) is 0.000950. The first-order valence-corrected chi connectivity index (χ1v) is 7.86. The fourth-order valence-electron chi connectivity index (χ4n) is 2.87. The molecule has 0 spiro atoms. The van der Waals surface area contributed by atoms with Crippen molar-refractivity contribution in [1.82, 2.24) is 4.90 Å². The second-order valence-electron chi connectivity index (χ2n) is 6.29. The Morgan fingerprint density at radius 3 is 2.86 bits per heavy atom. The molecule has 1 aliphatic rings. The Balaban J connectivity index is 1.77. The number of halogens is 1. The Labute approximate surface area is 131 Å². The minimum atomic E-state index is 0.000950. The van der Waals surface area contributed by atoms with Crippen LogP contribution in [-0.2, 0) is 4.79 Å². The number of carbonyl (C=O) groups excluding carboxylic acids is 1. The highest BCUT2D eigenvalue weighted by atomic mass is 35.5. The number of nitrogens with two attached hydrogens (primary N) is 1. The summed E-state index contributed by atoms with van der Waals surface area (Å²) in [6.45, 7) is 6.65. The molecule has 21 heavy (non-hydrogen) atoms. The number of anilines is 2. The van der Waals surface area contributed by atoms with Crippen molar-refractivity contribution in [3.63, 3.8) is 0 Å². The number of hydrogen-bond acceptors (Lipinski definition) is 3. The minimum Gasteiger partial charge on any atom is -0.397 e. The van der Waals surface area contributed by atoms with Crippen LogP contribution in [0.1, 0.15) is 39.5 Å². The molecule has 0 atom stereocenters. The average Bonchev–Trinajstić information content (AvgIpc) is 2.72. The number of likely N-dealkylation sites (tertiary alicyclic amines) is 1. The summed E-state index contributed by atoms with van der Waals surface area (Å²) in [7, 11) is 0. The van der Waals surface area contributed by atoms with Gasteiger partial charge in [0, 0.05) is 17.0 Å². The summed E-state index contributed by atoms with van der Waals surface area (Å²) < 4.78 is 0. The SMILES string of the molecule is CC1(C)CCCN1CCCC(=O)Nc1ccc(Cl)cc1N. The number of nitrogens with one attached hydrogen (secondary N) is 1. The number of rotatable bonds is 5. The molecule has 3 N–H and O–H groups in total. The normalized spacial score (nSPS) is 17.9. The third kappa shape index (κ3) is 4.35. The van der Waals surface area contributed by atoms with Crippen LogP contribution in [0.15, 0.2) is 18.2 Å². The van der Waals surface area contributed by atoms with Gasteiger partial charge in [-0.1, -0.05) is 11.6 Å². The van der Waals surface area contributed by atoms with E-state index in [9.17, 15) is 4.79 Å². The van der Waals surface area contributed by atoms with Crippen LogP contribution in [0.4, 0.5) is 11.4 Å². The highest BCUT2D eigenvalue weighted by Gasteiger charge is 2.31. The van der Waals surface area contributed by atoms with E-state index in [1.807, 2.05) is 0 Å². The standard InChI is InChI=1S/C16H24ClN3O/c1-16(2)8-4-10-20(16)9-3-5-15(21)19-14-7-6-12(17)11-13(14)18/h6-7,11H,3-5,8-10,18H2,1-2H3,(H,19,21). The lowest BCUT2D eigenvalue weighted by Crippen LogP contribution is -2.38. The van der Waals surface area contributed by atoms with Gasteiger partial charge in [-0.05, 0) is 64.4 Å². The number of hydrogen-bond donors (Lipinski definition) is 2. The van der Waals surface area contributed by atoms with Gasteiger partial charge in [0.15, 0.2) is 0 Å². The maximum Gasteiger partial charge on any atom is 0.224 e. The largest absolute Gasteiger partial charge is 0.397 e. The zero-order valence-electron chi connectivity index (χ0n) is 12.8. The molecule has 1 amide bonds. The molecule has 1 aromatic carbocycles. The van der Waals surface area contributed by atoms with Crippen LogP contribution in [0.25, 0.3) is 0 Å². The van der Waals surface area contributed by atoms with Crippen molar-refractivity contribution in [2.75, 3.05) is 24.1 Å². The molecule has 5 heteroatoms. The first kappa shape index (κ1) is 16.1. The quantitative estimate of drug-likeness (QED) is 0.818. The van der Waals surface area contributed by atoms with Crippen molar-refractivity contribution in [1.29, 1.82) is 0 Å². The van der Waals surface area contributed by atoms with Gasteiger partial charge in [-0.25, -0.2) is 0 Å². The highest BCUT2D eigenvalue weighted by molar-refractivity contribution is 6.31. The van der Waals surface area contributed by atoms with E-state index in [0.29, 0.717) is 22.8 Å². The van der Waals surface area contributed by atoms with Gasteiger partial charge in [-0.3, -0.25) is 9.69 Å². The summed E-state index contributed by atoms with van der Waals surface area (Å²) in [6.07, 6.45) is 3.86. The molecule has 0 bridgehead atoms. The van der Waals surface area contributed by atoms with Gasteiger partial charge in [0.2, 0.25) is 5.91 Å². The molecule has 1 fully saturated rings. The maximum atomic E-state index is 12.0. The lowest BCUT2D eigenvalue weighted by atomic mass is 10.0. The van der Waals surface area contributed by atoms with E-state index < -0.39 is 0 Å². The Morgan fingerprint density at radius 1 is 1.48 bits per heavy atom. The van der Waals surface area contributed by atoms with Gasteiger partial charge < -0.3 is 11.1 Å². The molecule has 0 aromatic heterocycles. The Hall–Kier alpha value is -1.26. The molecule has 0 aliphatic carbocycles. The van der Waals surface area contributed by atoms with Crippen molar-refractivity contribution in [2.45, 2.75) is 45.1 Å². The molecule has 2 rings (SSSR count). The van der Waals surface area contributed by atoms with Crippen LogP contribution < -0.4 is 11.1 Å². The zero-order valence-corrected chi connectivity index (χ0v) is 13.5. The van der Waals surface area contributed by atoms with E-state index >= 15 is 0 Å². The summed E-state index contributed by atoms with van der Waals surface area (Å²) in [6, 6.07) is 5.10. The topological polar surface area (TPSA) is 58.4 Å².